The molecule has 64 valence electrons. The summed E-state index contributed by atoms with van der Waals surface area (Å²) in [5, 5.41) is 7.24. The van der Waals surface area contributed by atoms with E-state index in [0.29, 0.717) is 0 Å². The SMILES string of the molecule is CC1(C)C=CC=C(C(=N)N)C=C1. The van der Waals surface area contributed by atoms with Gasteiger partial charge in [0.2, 0.25) is 0 Å². The van der Waals surface area contributed by atoms with E-state index in [1.165, 1.54) is 0 Å². The minimum Gasteiger partial charge on any atom is -0.384 e. The molecule has 2 heteroatoms. The monoisotopic (exact) mass is 162 g/mol. The number of rotatable bonds is 1. The van der Waals surface area contributed by atoms with E-state index < -0.39 is 0 Å². The molecule has 0 bridgehead atoms. The molecule has 0 atom stereocenters. The first-order valence-corrected chi connectivity index (χ1v) is 3.94. The fourth-order valence-electron chi connectivity index (χ4n) is 0.995. The number of hydrogen-bond acceptors (Lipinski definition) is 1. The first-order valence-electron chi connectivity index (χ1n) is 3.94. The number of nitrogens with one attached hydrogen (secondary N) is 1. The van der Waals surface area contributed by atoms with Gasteiger partial charge in [-0.3, -0.25) is 5.41 Å². The Labute approximate surface area is 73.0 Å². The Bertz CT molecular complexity index is 280. The predicted molar refractivity (Wildman–Crippen MR) is 52.1 cm³/mol. The van der Waals surface area contributed by atoms with Gasteiger partial charge in [0, 0.05) is 11.0 Å². The first kappa shape index (κ1) is 8.78. The Hall–Kier alpha value is -1.31. The highest BCUT2D eigenvalue weighted by atomic mass is 14.7. The van der Waals surface area contributed by atoms with Gasteiger partial charge in [0.15, 0.2) is 0 Å². The van der Waals surface area contributed by atoms with E-state index in [0.717, 1.165) is 5.57 Å². The van der Waals surface area contributed by atoms with Crippen LogP contribution in [0.4, 0.5) is 0 Å². The molecule has 0 aromatic rings. The predicted octanol–water partition coefficient (Wildman–Crippen LogP) is 2.00. The van der Waals surface area contributed by atoms with Gasteiger partial charge in [-0.05, 0) is 0 Å². The van der Waals surface area contributed by atoms with E-state index in [4.69, 9.17) is 11.1 Å². The Morgan fingerprint density at radius 3 is 2.67 bits per heavy atom. The van der Waals surface area contributed by atoms with E-state index in [9.17, 15) is 0 Å². The van der Waals surface area contributed by atoms with E-state index in [2.05, 4.69) is 19.9 Å². The minimum atomic E-state index is 0.0632. The van der Waals surface area contributed by atoms with Gasteiger partial charge in [-0.25, -0.2) is 0 Å². The van der Waals surface area contributed by atoms with Crippen molar-refractivity contribution in [2.45, 2.75) is 13.8 Å². The zero-order valence-corrected chi connectivity index (χ0v) is 7.46. The van der Waals surface area contributed by atoms with Crippen LogP contribution in [0.5, 0.6) is 0 Å². The summed E-state index contributed by atoms with van der Waals surface area (Å²) in [7, 11) is 0. The maximum absolute atomic E-state index is 7.24. The standard InChI is InChI=1S/C10H14N2/c1-10(2)6-3-4-8(5-7-10)9(11)12/h3-7H,1-2H3,(H3,11,12). The second-order valence-electron chi connectivity index (χ2n) is 3.55. The maximum Gasteiger partial charge on any atom is 0.122 e. The van der Waals surface area contributed by atoms with Crippen molar-refractivity contribution < 1.29 is 0 Å². The Kier molecular flexibility index (Phi) is 2.18. The lowest BCUT2D eigenvalue weighted by Gasteiger charge is -2.12. The molecule has 0 fully saturated rings. The quantitative estimate of drug-likeness (QED) is 0.449. The van der Waals surface area contributed by atoms with Crippen LogP contribution in [0.2, 0.25) is 0 Å². The molecule has 0 heterocycles. The fraction of sp³-hybridized carbons (Fsp3) is 0.300. The van der Waals surface area contributed by atoms with E-state index in [1.807, 2.05) is 24.3 Å². The maximum atomic E-state index is 7.24. The third-order valence-electron chi connectivity index (χ3n) is 1.81. The van der Waals surface area contributed by atoms with Crippen LogP contribution in [0.3, 0.4) is 0 Å². The lowest BCUT2D eigenvalue weighted by molar-refractivity contribution is 0.627. The van der Waals surface area contributed by atoms with Gasteiger partial charge < -0.3 is 5.73 Å². The second-order valence-corrected chi connectivity index (χ2v) is 3.55. The molecule has 1 rings (SSSR count). The molecular weight excluding hydrogens is 148 g/mol. The molecule has 0 unspecified atom stereocenters. The molecule has 1 aliphatic rings. The molecule has 0 aromatic carbocycles. The molecule has 3 N–H and O–H groups in total. The number of hydrogen-bond donors (Lipinski definition) is 2. The Morgan fingerprint density at radius 1 is 1.42 bits per heavy atom. The minimum absolute atomic E-state index is 0.0632. The highest BCUT2D eigenvalue weighted by molar-refractivity contribution is 5.97. The Balaban J connectivity index is 2.94. The topological polar surface area (TPSA) is 49.9 Å². The van der Waals surface area contributed by atoms with Crippen molar-refractivity contribution in [3.63, 3.8) is 0 Å². The number of allylic oxidation sites excluding steroid dienone is 4. The van der Waals surface area contributed by atoms with Crippen LogP contribution in [-0.4, -0.2) is 5.84 Å². The molecule has 0 aromatic heterocycles. The van der Waals surface area contributed by atoms with Gasteiger partial charge in [0.05, 0.1) is 0 Å². The molecule has 2 nitrogen and oxygen atoms in total. The summed E-state index contributed by atoms with van der Waals surface area (Å²) in [5.74, 6) is 0.119. The fourth-order valence-corrected chi connectivity index (χ4v) is 0.995. The van der Waals surface area contributed by atoms with E-state index >= 15 is 0 Å². The van der Waals surface area contributed by atoms with Crippen molar-refractivity contribution in [2.75, 3.05) is 0 Å². The highest BCUT2D eigenvalue weighted by Crippen LogP contribution is 2.22. The van der Waals surface area contributed by atoms with Crippen LogP contribution in [0.1, 0.15) is 13.8 Å². The summed E-state index contributed by atoms with van der Waals surface area (Å²) in [6.07, 6.45) is 9.82. The van der Waals surface area contributed by atoms with Crippen molar-refractivity contribution >= 4 is 5.84 Å². The van der Waals surface area contributed by atoms with Gasteiger partial charge in [-0.15, -0.1) is 0 Å². The summed E-state index contributed by atoms with van der Waals surface area (Å²) in [5.41, 5.74) is 6.19. The average molecular weight is 162 g/mol. The van der Waals surface area contributed by atoms with Crippen molar-refractivity contribution in [1.29, 1.82) is 5.41 Å². The Morgan fingerprint density at radius 2 is 2.08 bits per heavy atom. The molecule has 1 aliphatic carbocycles. The normalized spacial score (nSPS) is 20.0. The highest BCUT2D eigenvalue weighted by Gasteiger charge is 2.10. The molecule has 0 saturated heterocycles. The smallest absolute Gasteiger partial charge is 0.122 e. The molecule has 0 radical (unpaired) electrons. The lowest BCUT2D eigenvalue weighted by atomic mass is 9.93. The van der Waals surface area contributed by atoms with Gasteiger partial charge in [-0.2, -0.15) is 0 Å². The summed E-state index contributed by atoms with van der Waals surface area (Å²) in [4.78, 5) is 0. The summed E-state index contributed by atoms with van der Waals surface area (Å²) < 4.78 is 0. The van der Waals surface area contributed by atoms with Gasteiger partial charge in [0.1, 0.15) is 5.84 Å². The van der Waals surface area contributed by atoms with Crippen LogP contribution in [0, 0.1) is 10.8 Å². The zero-order valence-electron chi connectivity index (χ0n) is 7.46. The van der Waals surface area contributed by atoms with Crippen LogP contribution < -0.4 is 5.73 Å². The van der Waals surface area contributed by atoms with E-state index in [1.54, 1.807) is 0 Å². The lowest BCUT2D eigenvalue weighted by Crippen LogP contribution is -2.11. The molecular formula is C10H14N2. The second kappa shape index (κ2) is 2.97. The van der Waals surface area contributed by atoms with E-state index in [-0.39, 0.29) is 11.3 Å². The van der Waals surface area contributed by atoms with Crippen LogP contribution in [0.25, 0.3) is 0 Å². The van der Waals surface area contributed by atoms with Gasteiger partial charge in [0.25, 0.3) is 0 Å². The summed E-state index contributed by atoms with van der Waals surface area (Å²) in [6.45, 7) is 4.22. The largest absolute Gasteiger partial charge is 0.384 e. The molecule has 0 aliphatic heterocycles. The molecule has 0 spiro atoms. The van der Waals surface area contributed by atoms with Crippen molar-refractivity contribution in [2.24, 2.45) is 11.1 Å². The van der Waals surface area contributed by atoms with Crippen molar-refractivity contribution in [3.8, 4) is 0 Å². The molecule has 0 saturated carbocycles. The molecule has 0 amide bonds. The van der Waals surface area contributed by atoms with Crippen LogP contribution >= 0.6 is 0 Å². The van der Waals surface area contributed by atoms with Crippen LogP contribution in [-0.2, 0) is 0 Å². The first-order chi connectivity index (χ1) is 5.51. The van der Waals surface area contributed by atoms with Crippen LogP contribution in [0.15, 0.2) is 36.0 Å². The van der Waals surface area contributed by atoms with Crippen molar-refractivity contribution in [1.82, 2.24) is 0 Å². The number of amidine groups is 1. The summed E-state index contributed by atoms with van der Waals surface area (Å²) >= 11 is 0. The van der Waals surface area contributed by atoms with Gasteiger partial charge in [-0.1, -0.05) is 44.2 Å². The zero-order chi connectivity index (χ0) is 9.19. The average Bonchev–Trinajstić information content (AvgIpc) is 2.10. The summed E-state index contributed by atoms with van der Waals surface area (Å²) in [6, 6.07) is 0. The molecule has 12 heavy (non-hydrogen) atoms. The number of nitrogens with two attached hydrogens (primary N) is 1. The van der Waals surface area contributed by atoms with Crippen molar-refractivity contribution in [3.05, 3.63) is 36.0 Å². The van der Waals surface area contributed by atoms with Gasteiger partial charge >= 0.3 is 0 Å². The third-order valence-corrected chi connectivity index (χ3v) is 1.81. The third kappa shape index (κ3) is 2.09.